The molecule has 0 saturated heterocycles. The zero-order valence-electron chi connectivity index (χ0n) is 16.6. The van der Waals surface area contributed by atoms with Crippen LogP contribution in [0.25, 0.3) is 0 Å². The molecule has 0 aliphatic carbocycles. The number of amides is 1. The van der Waals surface area contributed by atoms with Gasteiger partial charge in [0.2, 0.25) is 0 Å². The summed E-state index contributed by atoms with van der Waals surface area (Å²) in [6, 6.07) is 15.7. The molecule has 1 N–H and O–H groups in total. The van der Waals surface area contributed by atoms with Gasteiger partial charge in [0, 0.05) is 5.56 Å². The van der Waals surface area contributed by atoms with Crippen LogP contribution in [0.2, 0.25) is 0 Å². The van der Waals surface area contributed by atoms with E-state index in [-0.39, 0.29) is 11.9 Å². The fraction of sp³-hybridized carbons (Fsp3) is 0.261. The van der Waals surface area contributed by atoms with Crippen molar-refractivity contribution in [2.24, 2.45) is 0 Å². The van der Waals surface area contributed by atoms with Gasteiger partial charge in [0.1, 0.15) is 18.1 Å². The summed E-state index contributed by atoms with van der Waals surface area (Å²) >= 11 is 1.43. The van der Waals surface area contributed by atoms with Crippen molar-refractivity contribution >= 4 is 17.2 Å². The first kappa shape index (κ1) is 20.0. The molecule has 3 aromatic rings. The van der Waals surface area contributed by atoms with E-state index in [4.69, 9.17) is 9.47 Å². The summed E-state index contributed by atoms with van der Waals surface area (Å²) in [5.74, 6) is 1.60. The average Bonchev–Trinajstić information content (AvgIpc) is 3.18. The van der Waals surface area contributed by atoms with Gasteiger partial charge in [-0.3, -0.25) is 4.79 Å². The maximum absolute atomic E-state index is 12.6. The molecule has 4 nitrogen and oxygen atoms in total. The van der Waals surface area contributed by atoms with Gasteiger partial charge in [-0.15, -0.1) is 11.3 Å². The monoisotopic (exact) mass is 395 g/mol. The second-order valence-electron chi connectivity index (χ2n) is 6.85. The van der Waals surface area contributed by atoms with Crippen molar-refractivity contribution < 1.29 is 14.3 Å². The first-order valence-electron chi connectivity index (χ1n) is 9.18. The van der Waals surface area contributed by atoms with Crippen LogP contribution >= 0.6 is 11.3 Å². The Morgan fingerprint density at radius 2 is 1.86 bits per heavy atom. The van der Waals surface area contributed by atoms with Gasteiger partial charge < -0.3 is 14.8 Å². The predicted molar refractivity (Wildman–Crippen MR) is 113 cm³/mol. The quantitative estimate of drug-likeness (QED) is 0.579. The summed E-state index contributed by atoms with van der Waals surface area (Å²) in [4.78, 5) is 13.3. The molecule has 0 bridgehead atoms. The Labute approximate surface area is 170 Å². The summed E-state index contributed by atoms with van der Waals surface area (Å²) in [6.45, 7) is 6.49. The lowest BCUT2D eigenvalue weighted by Gasteiger charge is -2.14. The van der Waals surface area contributed by atoms with E-state index in [1.54, 1.807) is 7.11 Å². The lowest BCUT2D eigenvalue weighted by atomic mass is 10.1. The lowest BCUT2D eigenvalue weighted by molar-refractivity contribution is 0.0944. The minimum absolute atomic E-state index is 0.0775. The highest BCUT2D eigenvalue weighted by Gasteiger charge is 2.14. The summed E-state index contributed by atoms with van der Waals surface area (Å²) in [7, 11) is 1.64. The van der Waals surface area contributed by atoms with Crippen molar-refractivity contribution in [1.82, 2.24) is 5.32 Å². The normalized spacial score (nSPS) is 11.7. The third-order valence-electron chi connectivity index (χ3n) is 4.58. The Morgan fingerprint density at radius 3 is 2.57 bits per heavy atom. The zero-order chi connectivity index (χ0) is 20.1. The smallest absolute Gasteiger partial charge is 0.261 e. The van der Waals surface area contributed by atoms with E-state index in [2.05, 4.69) is 17.4 Å². The van der Waals surface area contributed by atoms with Crippen LogP contribution in [0.15, 0.2) is 53.9 Å². The van der Waals surface area contributed by atoms with Gasteiger partial charge in [0.05, 0.1) is 18.0 Å². The van der Waals surface area contributed by atoms with Crippen LogP contribution in [0.4, 0.5) is 0 Å². The molecule has 1 aromatic heterocycles. The largest absolute Gasteiger partial charge is 0.497 e. The summed E-state index contributed by atoms with van der Waals surface area (Å²) in [5, 5.41) is 5.01. The number of thiophene rings is 1. The molecule has 5 heteroatoms. The first-order chi connectivity index (χ1) is 13.5. The number of benzene rings is 2. The van der Waals surface area contributed by atoms with E-state index in [1.165, 1.54) is 16.9 Å². The van der Waals surface area contributed by atoms with Gasteiger partial charge >= 0.3 is 0 Å². The number of ether oxygens (including phenoxy) is 2. The number of carbonyl (C=O) groups is 1. The minimum atomic E-state index is -0.0878. The average molecular weight is 396 g/mol. The molecule has 0 aliphatic rings. The number of aryl methyl sites for hydroxylation is 2. The fourth-order valence-corrected chi connectivity index (χ4v) is 3.64. The van der Waals surface area contributed by atoms with Crippen molar-refractivity contribution in [3.63, 3.8) is 0 Å². The van der Waals surface area contributed by atoms with Crippen LogP contribution in [0.5, 0.6) is 11.5 Å². The highest BCUT2D eigenvalue weighted by atomic mass is 32.1. The molecule has 0 radical (unpaired) electrons. The van der Waals surface area contributed by atoms with E-state index >= 15 is 0 Å². The molecule has 0 spiro atoms. The molecule has 1 atom stereocenters. The zero-order valence-corrected chi connectivity index (χ0v) is 17.4. The Balaban J connectivity index is 1.59. The molecular weight excluding hydrogens is 370 g/mol. The van der Waals surface area contributed by atoms with Gasteiger partial charge in [-0.2, -0.15) is 0 Å². The molecule has 0 fully saturated rings. The van der Waals surface area contributed by atoms with E-state index < -0.39 is 0 Å². The topological polar surface area (TPSA) is 47.6 Å². The summed E-state index contributed by atoms with van der Waals surface area (Å²) < 4.78 is 11.1. The van der Waals surface area contributed by atoms with E-state index in [1.807, 2.05) is 62.5 Å². The molecular formula is C23H25NO3S. The Kier molecular flexibility index (Phi) is 6.37. The third kappa shape index (κ3) is 4.93. The number of methoxy groups -OCH3 is 1. The Bertz CT molecular complexity index is 947. The van der Waals surface area contributed by atoms with Gasteiger partial charge in [0.15, 0.2) is 0 Å². The van der Waals surface area contributed by atoms with Crippen LogP contribution < -0.4 is 14.8 Å². The number of rotatable bonds is 7. The van der Waals surface area contributed by atoms with Crippen molar-refractivity contribution in [1.29, 1.82) is 0 Å². The van der Waals surface area contributed by atoms with Crippen LogP contribution in [0.3, 0.4) is 0 Å². The van der Waals surface area contributed by atoms with E-state index in [0.29, 0.717) is 11.5 Å². The maximum atomic E-state index is 12.6. The first-order valence-corrected chi connectivity index (χ1v) is 10.1. The molecule has 146 valence electrons. The third-order valence-corrected chi connectivity index (χ3v) is 5.56. The van der Waals surface area contributed by atoms with Gasteiger partial charge in [-0.05, 0) is 67.1 Å². The fourth-order valence-electron chi connectivity index (χ4n) is 2.84. The Morgan fingerprint density at radius 1 is 1.11 bits per heavy atom. The van der Waals surface area contributed by atoms with Gasteiger partial charge in [-0.1, -0.05) is 24.3 Å². The second-order valence-corrected chi connectivity index (χ2v) is 7.76. The molecule has 1 unspecified atom stereocenters. The predicted octanol–water partition coefficient (Wildman–Crippen LogP) is 5.44. The molecule has 1 amide bonds. The maximum Gasteiger partial charge on any atom is 0.261 e. The van der Waals surface area contributed by atoms with E-state index in [0.717, 1.165) is 28.2 Å². The molecule has 0 aliphatic heterocycles. The van der Waals surface area contributed by atoms with Crippen LogP contribution in [0, 0.1) is 13.8 Å². The number of nitrogens with one attached hydrogen (secondary N) is 1. The number of hydrogen-bond donors (Lipinski definition) is 1. The molecule has 0 saturated carbocycles. The molecule has 1 heterocycles. The highest BCUT2D eigenvalue weighted by molar-refractivity contribution is 7.12. The van der Waals surface area contributed by atoms with Crippen molar-refractivity contribution in [3.8, 4) is 11.5 Å². The standard InChI is InChI=1S/C23H25NO3S/c1-15-5-6-16(2)21(11-15)27-13-18-12-22(28-14-18)23(25)24-17(3)19-7-9-20(26-4)10-8-19/h5-12,14,17H,13H2,1-4H3,(H,24,25). The van der Waals surface area contributed by atoms with Crippen molar-refractivity contribution in [2.45, 2.75) is 33.4 Å². The van der Waals surface area contributed by atoms with Crippen molar-refractivity contribution in [2.75, 3.05) is 7.11 Å². The second kappa shape index (κ2) is 8.93. The van der Waals surface area contributed by atoms with Crippen LogP contribution in [0.1, 0.15) is 44.9 Å². The number of carbonyl (C=O) groups excluding carboxylic acids is 1. The Hall–Kier alpha value is -2.79. The van der Waals surface area contributed by atoms with Crippen LogP contribution in [-0.4, -0.2) is 13.0 Å². The number of hydrogen-bond acceptors (Lipinski definition) is 4. The summed E-state index contributed by atoms with van der Waals surface area (Å²) in [6.07, 6.45) is 0. The van der Waals surface area contributed by atoms with Crippen LogP contribution in [-0.2, 0) is 6.61 Å². The minimum Gasteiger partial charge on any atom is -0.497 e. The van der Waals surface area contributed by atoms with Crippen molar-refractivity contribution in [3.05, 3.63) is 81.0 Å². The SMILES string of the molecule is COc1ccc(C(C)NC(=O)c2cc(COc3cc(C)ccc3C)cs2)cc1. The summed E-state index contributed by atoms with van der Waals surface area (Å²) in [5.41, 5.74) is 4.29. The molecule has 3 rings (SSSR count). The van der Waals surface area contributed by atoms with Gasteiger partial charge in [-0.25, -0.2) is 0 Å². The molecule has 2 aromatic carbocycles. The lowest BCUT2D eigenvalue weighted by Crippen LogP contribution is -2.25. The highest BCUT2D eigenvalue weighted by Crippen LogP contribution is 2.23. The molecule has 28 heavy (non-hydrogen) atoms. The van der Waals surface area contributed by atoms with E-state index in [9.17, 15) is 4.79 Å². The van der Waals surface area contributed by atoms with Gasteiger partial charge in [0.25, 0.3) is 5.91 Å².